The van der Waals surface area contributed by atoms with Gasteiger partial charge in [-0.25, -0.2) is 0 Å². The third-order valence-corrected chi connectivity index (χ3v) is 4.91. The van der Waals surface area contributed by atoms with Gasteiger partial charge in [-0.15, -0.1) is 0 Å². The SMILES string of the molecule is COc1ccc(NC(=O)c2cc3cc(C)ccc3o2)cc1OC1CCCC1. The summed E-state index contributed by atoms with van der Waals surface area (Å²) in [5, 5.41) is 3.80. The van der Waals surface area contributed by atoms with E-state index in [4.69, 9.17) is 13.9 Å². The van der Waals surface area contributed by atoms with Crippen LogP contribution in [0.15, 0.2) is 46.9 Å². The molecule has 140 valence electrons. The zero-order chi connectivity index (χ0) is 18.8. The quantitative estimate of drug-likeness (QED) is 0.664. The van der Waals surface area contributed by atoms with Crippen molar-refractivity contribution in [1.82, 2.24) is 0 Å². The topological polar surface area (TPSA) is 60.7 Å². The normalized spacial score (nSPS) is 14.4. The number of nitrogens with one attached hydrogen (secondary N) is 1. The zero-order valence-electron chi connectivity index (χ0n) is 15.6. The molecule has 3 aromatic rings. The van der Waals surface area contributed by atoms with Crippen molar-refractivity contribution in [3.05, 3.63) is 53.8 Å². The fourth-order valence-corrected chi connectivity index (χ4v) is 3.50. The van der Waals surface area contributed by atoms with Crippen molar-refractivity contribution < 1.29 is 18.7 Å². The average molecular weight is 365 g/mol. The molecule has 1 aliphatic carbocycles. The monoisotopic (exact) mass is 365 g/mol. The summed E-state index contributed by atoms with van der Waals surface area (Å²) in [6.45, 7) is 2.01. The zero-order valence-corrected chi connectivity index (χ0v) is 15.6. The molecule has 0 aliphatic heterocycles. The van der Waals surface area contributed by atoms with Crippen LogP contribution in [0.1, 0.15) is 41.8 Å². The minimum absolute atomic E-state index is 0.212. The van der Waals surface area contributed by atoms with Crippen molar-refractivity contribution in [2.24, 2.45) is 0 Å². The van der Waals surface area contributed by atoms with Crippen molar-refractivity contribution in [3.8, 4) is 11.5 Å². The maximum absolute atomic E-state index is 12.6. The van der Waals surface area contributed by atoms with Gasteiger partial charge >= 0.3 is 0 Å². The second-order valence-corrected chi connectivity index (χ2v) is 7.00. The minimum atomic E-state index is -0.291. The molecule has 1 N–H and O–H groups in total. The lowest BCUT2D eigenvalue weighted by molar-refractivity contribution is 0.0998. The summed E-state index contributed by atoms with van der Waals surface area (Å²) in [5.74, 6) is 1.31. The molecule has 1 fully saturated rings. The van der Waals surface area contributed by atoms with Crippen molar-refractivity contribution in [3.63, 3.8) is 0 Å². The summed E-state index contributed by atoms with van der Waals surface area (Å²) < 4.78 is 17.2. The number of aryl methyl sites for hydroxylation is 1. The molecule has 2 aromatic carbocycles. The van der Waals surface area contributed by atoms with Crippen LogP contribution >= 0.6 is 0 Å². The molecule has 0 bridgehead atoms. The van der Waals surface area contributed by atoms with Gasteiger partial charge in [0.05, 0.1) is 13.2 Å². The van der Waals surface area contributed by atoms with Gasteiger partial charge in [0.25, 0.3) is 5.91 Å². The predicted molar refractivity (Wildman–Crippen MR) is 105 cm³/mol. The number of hydrogen-bond donors (Lipinski definition) is 1. The first-order valence-electron chi connectivity index (χ1n) is 9.28. The number of carbonyl (C=O) groups excluding carboxylic acids is 1. The highest BCUT2D eigenvalue weighted by Crippen LogP contribution is 2.34. The summed E-state index contributed by atoms with van der Waals surface area (Å²) in [4.78, 5) is 12.6. The summed E-state index contributed by atoms with van der Waals surface area (Å²) in [5.41, 5.74) is 2.47. The molecular formula is C22H23NO4. The van der Waals surface area contributed by atoms with Gasteiger partial charge in [-0.1, -0.05) is 11.6 Å². The van der Waals surface area contributed by atoms with Crippen LogP contribution in [-0.2, 0) is 0 Å². The molecule has 1 aliphatic rings. The summed E-state index contributed by atoms with van der Waals surface area (Å²) >= 11 is 0. The fourth-order valence-electron chi connectivity index (χ4n) is 3.50. The van der Waals surface area contributed by atoms with Crippen LogP contribution in [-0.4, -0.2) is 19.1 Å². The van der Waals surface area contributed by atoms with E-state index in [1.807, 2.05) is 37.3 Å². The summed E-state index contributed by atoms with van der Waals surface area (Å²) in [6.07, 6.45) is 4.70. The minimum Gasteiger partial charge on any atom is -0.493 e. The average Bonchev–Trinajstić information content (AvgIpc) is 3.31. The Hall–Kier alpha value is -2.95. The number of hydrogen-bond acceptors (Lipinski definition) is 4. The Morgan fingerprint density at radius 1 is 1.07 bits per heavy atom. The lowest BCUT2D eigenvalue weighted by Gasteiger charge is -2.17. The van der Waals surface area contributed by atoms with Crippen LogP contribution in [0.3, 0.4) is 0 Å². The Kier molecular flexibility index (Phi) is 4.75. The first-order chi connectivity index (χ1) is 13.1. The number of ether oxygens (including phenoxy) is 2. The largest absolute Gasteiger partial charge is 0.493 e. The van der Waals surface area contributed by atoms with Gasteiger partial charge in [-0.05, 0) is 62.9 Å². The number of rotatable bonds is 5. The number of carbonyl (C=O) groups is 1. The van der Waals surface area contributed by atoms with Gasteiger partial charge in [-0.3, -0.25) is 4.79 Å². The molecule has 0 unspecified atom stereocenters. The van der Waals surface area contributed by atoms with Crippen molar-refractivity contribution in [2.75, 3.05) is 12.4 Å². The Morgan fingerprint density at radius 3 is 2.67 bits per heavy atom. The van der Waals surface area contributed by atoms with Gasteiger partial charge in [-0.2, -0.15) is 0 Å². The molecule has 0 radical (unpaired) electrons. The van der Waals surface area contributed by atoms with E-state index in [2.05, 4.69) is 5.32 Å². The van der Waals surface area contributed by atoms with Gasteiger partial charge in [0.2, 0.25) is 0 Å². The highest BCUT2D eigenvalue weighted by Gasteiger charge is 2.19. The molecule has 4 rings (SSSR count). The lowest BCUT2D eigenvalue weighted by atomic mass is 10.2. The molecule has 1 aromatic heterocycles. The van der Waals surface area contributed by atoms with Crippen LogP contribution in [0.2, 0.25) is 0 Å². The molecule has 27 heavy (non-hydrogen) atoms. The van der Waals surface area contributed by atoms with E-state index in [0.29, 0.717) is 22.8 Å². The molecule has 1 saturated carbocycles. The van der Waals surface area contributed by atoms with E-state index in [1.54, 1.807) is 19.2 Å². The Morgan fingerprint density at radius 2 is 1.89 bits per heavy atom. The third-order valence-electron chi connectivity index (χ3n) is 4.91. The highest BCUT2D eigenvalue weighted by atomic mass is 16.5. The highest BCUT2D eigenvalue weighted by molar-refractivity contribution is 6.04. The maximum atomic E-state index is 12.6. The van der Waals surface area contributed by atoms with Crippen LogP contribution < -0.4 is 14.8 Å². The first-order valence-corrected chi connectivity index (χ1v) is 9.28. The van der Waals surface area contributed by atoms with E-state index >= 15 is 0 Å². The number of fused-ring (bicyclic) bond motifs is 1. The van der Waals surface area contributed by atoms with Crippen LogP contribution in [0, 0.1) is 6.92 Å². The van der Waals surface area contributed by atoms with Crippen molar-refractivity contribution in [1.29, 1.82) is 0 Å². The number of anilines is 1. The number of methoxy groups -OCH3 is 1. The molecule has 1 amide bonds. The van der Waals surface area contributed by atoms with Crippen molar-refractivity contribution >= 4 is 22.6 Å². The van der Waals surface area contributed by atoms with Gasteiger partial charge in [0.15, 0.2) is 17.3 Å². The number of benzene rings is 2. The van der Waals surface area contributed by atoms with Crippen LogP contribution in [0.25, 0.3) is 11.0 Å². The second kappa shape index (κ2) is 7.35. The maximum Gasteiger partial charge on any atom is 0.291 e. The van der Waals surface area contributed by atoms with Gasteiger partial charge in [0.1, 0.15) is 5.58 Å². The van der Waals surface area contributed by atoms with Crippen LogP contribution in [0.5, 0.6) is 11.5 Å². The van der Waals surface area contributed by atoms with E-state index in [9.17, 15) is 4.79 Å². The number of furan rings is 1. The van der Waals surface area contributed by atoms with Gasteiger partial charge < -0.3 is 19.2 Å². The number of amides is 1. The lowest BCUT2D eigenvalue weighted by Crippen LogP contribution is -2.13. The molecular weight excluding hydrogens is 342 g/mol. The van der Waals surface area contributed by atoms with E-state index < -0.39 is 0 Å². The molecule has 5 nitrogen and oxygen atoms in total. The van der Waals surface area contributed by atoms with Gasteiger partial charge in [0, 0.05) is 17.1 Å². The van der Waals surface area contributed by atoms with E-state index in [0.717, 1.165) is 23.8 Å². The Labute approximate surface area is 158 Å². The third kappa shape index (κ3) is 3.77. The summed E-state index contributed by atoms with van der Waals surface area (Å²) in [6, 6.07) is 13.0. The second-order valence-electron chi connectivity index (χ2n) is 7.00. The van der Waals surface area contributed by atoms with Crippen LogP contribution in [0.4, 0.5) is 5.69 Å². The van der Waals surface area contributed by atoms with Crippen molar-refractivity contribution in [2.45, 2.75) is 38.7 Å². The Balaban J connectivity index is 1.54. The fraction of sp³-hybridized carbons (Fsp3) is 0.318. The smallest absolute Gasteiger partial charge is 0.291 e. The Bertz CT molecular complexity index is 970. The molecule has 0 spiro atoms. The first kappa shape index (κ1) is 17.5. The molecule has 0 atom stereocenters. The van der Waals surface area contributed by atoms with E-state index in [-0.39, 0.29) is 17.8 Å². The summed E-state index contributed by atoms with van der Waals surface area (Å²) in [7, 11) is 1.62. The predicted octanol–water partition coefficient (Wildman–Crippen LogP) is 5.32. The van der Waals surface area contributed by atoms with E-state index in [1.165, 1.54) is 12.8 Å². The molecule has 1 heterocycles. The molecule has 0 saturated heterocycles. The molecule has 5 heteroatoms. The standard InChI is InChI=1S/C22H23NO4/c1-14-7-9-18-15(11-14)12-21(27-18)22(24)23-16-8-10-19(25-2)20(13-16)26-17-5-3-4-6-17/h7-13,17H,3-6H2,1-2H3,(H,23,24).